The molecule has 0 aliphatic carbocycles. The Morgan fingerprint density at radius 3 is 1.86 bits per heavy atom. The van der Waals surface area contributed by atoms with Crippen molar-refractivity contribution in [3.05, 3.63) is 69.9 Å². The number of hydrogen-bond acceptors (Lipinski definition) is 3. The summed E-state index contributed by atoms with van der Waals surface area (Å²) in [7, 11) is 1.31. The second-order valence-corrected chi connectivity index (χ2v) is 5.95. The summed E-state index contributed by atoms with van der Waals surface area (Å²) in [5, 5.41) is 0. The molecule has 4 nitrogen and oxygen atoms in total. The zero-order chi connectivity index (χ0) is 18.3. The average molecular weight is 470 g/mol. The Labute approximate surface area is 195 Å². The standard InChI is InChI=1S/C10H13NO3.C9H11F.3CH4.Y/c1-7(2)11-6-8(10(13)14-3)4-5-9(11)12;1-7(2)8-3-5-9(10)6-4-8;;;;/h4-7H,1-3H3;3-7H,1-2H3;3*1H4;. The molecule has 0 bridgehead atoms. The molecule has 0 aliphatic rings. The van der Waals surface area contributed by atoms with Gasteiger partial charge in [0.25, 0.3) is 5.56 Å². The van der Waals surface area contributed by atoms with Crippen LogP contribution in [-0.2, 0) is 37.4 Å². The van der Waals surface area contributed by atoms with E-state index in [4.69, 9.17) is 0 Å². The minimum Gasteiger partial charge on any atom is -0.465 e. The van der Waals surface area contributed by atoms with E-state index in [-0.39, 0.29) is 72.4 Å². The molecule has 0 amide bonds. The summed E-state index contributed by atoms with van der Waals surface area (Å²) >= 11 is 0. The normalized spacial score (nSPS) is 8.86. The van der Waals surface area contributed by atoms with Gasteiger partial charge >= 0.3 is 5.97 Å². The maximum Gasteiger partial charge on any atom is 0.339 e. The number of carbonyl (C=O) groups is 1. The largest absolute Gasteiger partial charge is 0.465 e. The van der Waals surface area contributed by atoms with Gasteiger partial charge in [0.2, 0.25) is 0 Å². The number of halogens is 1. The third-order valence-corrected chi connectivity index (χ3v) is 3.45. The van der Waals surface area contributed by atoms with Gasteiger partial charge in [-0.1, -0.05) is 48.3 Å². The topological polar surface area (TPSA) is 48.3 Å². The van der Waals surface area contributed by atoms with Crippen LogP contribution in [0.5, 0.6) is 0 Å². The molecular weight excluding hydrogens is 434 g/mol. The van der Waals surface area contributed by atoms with Crippen molar-refractivity contribution in [1.82, 2.24) is 4.57 Å². The molecule has 0 N–H and O–H groups in total. The molecule has 2 aromatic rings. The molecule has 157 valence electrons. The summed E-state index contributed by atoms with van der Waals surface area (Å²) in [4.78, 5) is 22.5. The van der Waals surface area contributed by atoms with E-state index in [1.54, 1.807) is 0 Å². The van der Waals surface area contributed by atoms with Crippen molar-refractivity contribution in [2.45, 2.75) is 61.9 Å². The Bertz CT molecular complexity index is 725. The van der Waals surface area contributed by atoms with Crippen LogP contribution in [0.4, 0.5) is 4.39 Å². The van der Waals surface area contributed by atoms with Gasteiger partial charge in [-0.2, -0.15) is 0 Å². The summed E-state index contributed by atoms with van der Waals surface area (Å²) in [6.45, 7) is 7.94. The molecule has 28 heavy (non-hydrogen) atoms. The average Bonchev–Trinajstić information content (AvgIpc) is 2.55. The zero-order valence-electron chi connectivity index (χ0n) is 15.3. The number of carbonyl (C=O) groups excluding carboxylic acids is 1. The van der Waals surface area contributed by atoms with E-state index in [1.165, 1.54) is 47.7 Å². The molecule has 1 aromatic heterocycles. The molecule has 1 aromatic carbocycles. The molecule has 1 radical (unpaired) electrons. The first-order valence-corrected chi connectivity index (χ1v) is 7.82. The molecule has 0 aliphatic heterocycles. The maximum atomic E-state index is 12.4. The summed E-state index contributed by atoms with van der Waals surface area (Å²) in [5.74, 6) is -0.107. The van der Waals surface area contributed by atoms with Crippen LogP contribution in [0.15, 0.2) is 47.4 Å². The van der Waals surface area contributed by atoms with Crippen molar-refractivity contribution < 1.29 is 46.6 Å². The van der Waals surface area contributed by atoms with Crippen LogP contribution < -0.4 is 5.56 Å². The van der Waals surface area contributed by atoms with Crippen molar-refractivity contribution in [2.75, 3.05) is 7.11 Å². The summed E-state index contributed by atoms with van der Waals surface area (Å²) < 4.78 is 18.4. The van der Waals surface area contributed by atoms with Gasteiger partial charge in [0, 0.05) is 51.0 Å². The minimum atomic E-state index is -0.431. The number of ether oxygens (including phenoxy) is 1. The van der Waals surface area contributed by atoms with E-state index in [2.05, 4.69) is 18.6 Å². The molecule has 0 fully saturated rings. The maximum absolute atomic E-state index is 12.4. The molecule has 2 rings (SSSR count). The number of esters is 1. The Morgan fingerprint density at radius 2 is 1.46 bits per heavy atom. The van der Waals surface area contributed by atoms with Crippen molar-refractivity contribution in [3.8, 4) is 0 Å². The Hall–Kier alpha value is -1.33. The van der Waals surface area contributed by atoms with Crippen molar-refractivity contribution in [1.29, 1.82) is 0 Å². The fourth-order valence-electron chi connectivity index (χ4n) is 1.99. The van der Waals surface area contributed by atoms with Crippen LogP contribution in [0.25, 0.3) is 0 Å². The van der Waals surface area contributed by atoms with Gasteiger partial charge in [-0.05, 0) is 43.5 Å². The zero-order valence-corrected chi connectivity index (χ0v) is 18.2. The molecular formula is C22H36FNO3Y. The first kappa shape index (κ1) is 34.2. The molecule has 0 unspecified atom stereocenters. The van der Waals surface area contributed by atoms with Crippen molar-refractivity contribution >= 4 is 5.97 Å². The number of aromatic nitrogens is 1. The Balaban J connectivity index is -0.000000187. The molecule has 0 saturated heterocycles. The van der Waals surface area contributed by atoms with E-state index in [9.17, 15) is 14.0 Å². The first-order valence-electron chi connectivity index (χ1n) is 7.82. The van der Waals surface area contributed by atoms with Crippen molar-refractivity contribution in [3.63, 3.8) is 0 Å². The second-order valence-electron chi connectivity index (χ2n) is 5.95. The fourth-order valence-corrected chi connectivity index (χ4v) is 1.99. The van der Waals surface area contributed by atoms with Gasteiger partial charge in [0.1, 0.15) is 5.82 Å². The van der Waals surface area contributed by atoms with E-state index in [0.717, 1.165) is 0 Å². The molecule has 6 heteroatoms. The van der Waals surface area contributed by atoms with Gasteiger partial charge in [0.15, 0.2) is 0 Å². The monoisotopic (exact) mass is 470 g/mol. The number of hydrogen-bond donors (Lipinski definition) is 0. The quantitative estimate of drug-likeness (QED) is 0.512. The second kappa shape index (κ2) is 16.6. The van der Waals surface area contributed by atoms with Gasteiger partial charge in [0.05, 0.1) is 12.7 Å². The van der Waals surface area contributed by atoms with Crippen LogP contribution in [0, 0.1) is 5.82 Å². The van der Waals surface area contributed by atoms with Gasteiger partial charge in [-0.3, -0.25) is 4.79 Å². The van der Waals surface area contributed by atoms with E-state index >= 15 is 0 Å². The number of nitrogens with zero attached hydrogens (tertiary/aromatic N) is 1. The Kier molecular flexibility index (Phi) is 20.3. The smallest absolute Gasteiger partial charge is 0.339 e. The number of methoxy groups -OCH3 is 1. The number of rotatable bonds is 3. The Morgan fingerprint density at radius 1 is 0.964 bits per heavy atom. The van der Waals surface area contributed by atoms with Crippen LogP contribution in [0.3, 0.4) is 0 Å². The van der Waals surface area contributed by atoms with E-state index in [1.807, 2.05) is 26.0 Å². The summed E-state index contributed by atoms with van der Waals surface area (Å²) in [6, 6.07) is 9.50. The third kappa shape index (κ3) is 10.9. The summed E-state index contributed by atoms with van der Waals surface area (Å²) in [5.41, 5.74) is 1.45. The number of benzene rings is 1. The van der Waals surface area contributed by atoms with E-state index in [0.29, 0.717) is 11.5 Å². The third-order valence-electron chi connectivity index (χ3n) is 3.45. The fraction of sp³-hybridized carbons (Fsp3) is 0.455. The van der Waals surface area contributed by atoms with Crippen LogP contribution in [-0.4, -0.2) is 17.6 Å². The van der Waals surface area contributed by atoms with Gasteiger partial charge in [-0.25, -0.2) is 9.18 Å². The predicted octanol–water partition coefficient (Wildman–Crippen LogP) is 6.07. The number of pyridine rings is 1. The van der Waals surface area contributed by atoms with Crippen LogP contribution in [0.1, 0.15) is 77.9 Å². The van der Waals surface area contributed by atoms with Gasteiger partial charge < -0.3 is 9.30 Å². The predicted molar refractivity (Wildman–Crippen MR) is 113 cm³/mol. The van der Waals surface area contributed by atoms with Crippen molar-refractivity contribution in [2.24, 2.45) is 0 Å². The summed E-state index contributed by atoms with van der Waals surface area (Å²) in [6.07, 6.45) is 1.51. The van der Waals surface area contributed by atoms with E-state index < -0.39 is 5.97 Å². The molecule has 0 saturated carbocycles. The minimum absolute atomic E-state index is 0. The van der Waals surface area contributed by atoms with Crippen LogP contribution in [0.2, 0.25) is 0 Å². The molecule has 0 atom stereocenters. The molecule has 0 spiro atoms. The van der Waals surface area contributed by atoms with Crippen LogP contribution >= 0.6 is 0 Å². The first-order chi connectivity index (χ1) is 11.3. The molecule has 1 heterocycles. The van der Waals surface area contributed by atoms with Gasteiger partial charge in [-0.15, -0.1) is 0 Å². The SMILES string of the molecule is C.C.C.CC(C)c1ccc(F)cc1.COC(=O)c1ccc(=O)n(C(C)C)c1.[Y].